The van der Waals surface area contributed by atoms with E-state index in [-0.39, 0.29) is 5.82 Å². The molecule has 1 unspecified atom stereocenters. The summed E-state index contributed by atoms with van der Waals surface area (Å²) in [5, 5.41) is 12.1. The first-order valence-corrected chi connectivity index (χ1v) is 8.11. The summed E-state index contributed by atoms with van der Waals surface area (Å²) in [6.07, 6.45) is 7.96. The average molecular weight is 286 g/mol. The van der Waals surface area contributed by atoms with E-state index in [4.69, 9.17) is 0 Å². The van der Waals surface area contributed by atoms with Crippen molar-refractivity contribution in [1.29, 1.82) is 0 Å². The Morgan fingerprint density at radius 1 is 0.952 bits per heavy atom. The quantitative estimate of drug-likeness (QED) is 0.752. The normalized spacial score (nSPS) is 18.6. The molecule has 1 nitrogen and oxygen atoms in total. The fraction of sp³-hybridized carbons (Fsp3) is 0.474. The van der Waals surface area contributed by atoms with Gasteiger partial charge in [-0.3, -0.25) is 0 Å². The summed E-state index contributed by atoms with van der Waals surface area (Å²) in [5.41, 5.74) is 0.872. The molecule has 0 aliphatic heterocycles. The van der Waals surface area contributed by atoms with E-state index in [1.54, 1.807) is 12.1 Å². The predicted molar refractivity (Wildman–Crippen MR) is 84.7 cm³/mol. The van der Waals surface area contributed by atoms with Crippen LogP contribution in [-0.4, -0.2) is 5.11 Å². The highest BCUT2D eigenvalue weighted by Gasteiger charge is 2.19. The van der Waals surface area contributed by atoms with Crippen molar-refractivity contribution < 1.29 is 9.50 Å². The maximum atomic E-state index is 13.9. The third-order valence-electron chi connectivity index (χ3n) is 4.79. The van der Waals surface area contributed by atoms with Crippen LogP contribution >= 0.6 is 0 Å². The van der Waals surface area contributed by atoms with Gasteiger partial charge in [0.1, 0.15) is 5.82 Å². The first kappa shape index (κ1) is 14.5. The molecule has 0 heterocycles. The summed E-state index contributed by atoms with van der Waals surface area (Å²) in [6, 6.07) is 10.7. The average Bonchev–Trinajstić information content (AvgIpc) is 2.76. The number of fused-ring (bicyclic) bond motifs is 1. The topological polar surface area (TPSA) is 20.2 Å². The lowest BCUT2D eigenvalue weighted by Crippen LogP contribution is -2.07. The molecule has 0 amide bonds. The van der Waals surface area contributed by atoms with Crippen LogP contribution in [0.5, 0.6) is 0 Å². The summed E-state index contributed by atoms with van der Waals surface area (Å²) in [4.78, 5) is 0. The van der Waals surface area contributed by atoms with Crippen molar-refractivity contribution in [2.75, 3.05) is 0 Å². The zero-order valence-electron chi connectivity index (χ0n) is 12.4. The van der Waals surface area contributed by atoms with Crippen LogP contribution in [0.2, 0.25) is 0 Å². The van der Waals surface area contributed by atoms with Crippen molar-refractivity contribution in [3.8, 4) is 0 Å². The first-order chi connectivity index (χ1) is 10.3. The zero-order chi connectivity index (χ0) is 14.7. The molecule has 1 N–H and O–H groups in total. The van der Waals surface area contributed by atoms with Crippen molar-refractivity contribution in [2.45, 2.75) is 51.0 Å². The fourth-order valence-electron chi connectivity index (χ4n) is 3.62. The molecule has 0 radical (unpaired) electrons. The smallest absolute Gasteiger partial charge is 0.131 e. The van der Waals surface area contributed by atoms with Gasteiger partial charge in [-0.15, -0.1) is 0 Å². The number of hydrogen-bond donors (Lipinski definition) is 1. The number of rotatable bonds is 3. The van der Waals surface area contributed by atoms with Gasteiger partial charge in [0, 0.05) is 5.39 Å². The van der Waals surface area contributed by atoms with Crippen molar-refractivity contribution >= 4 is 10.8 Å². The lowest BCUT2D eigenvalue weighted by molar-refractivity contribution is 0.140. The Kier molecular flexibility index (Phi) is 4.54. The van der Waals surface area contributed by atoms with Gasteiger partial charge in [-0.25, -0.2) is 4.39 Å². The number of hydrogen-bond acceptors (Lipinski definition) is 1. The summed E-state index contributed by atoms with van der Waals surface area (Å²) in [5.74, 6) is 0.391. The minimum Gasteiger partial charge on any atom is -0.388 e. The number of aliphatic hydroxyl groups excluding tert-OH is 1. The Balaban J connectivity index is 1.84. The third-order valence-corrected chi connectivity index (χ3v) is 4.79. The molecule has 0 aromatic heterocycles. The Bertz CT molecular complexity index is 600. The van der Waals surface area contributed by atoms with Crippen molar-refractivity contribution in [3.05, 3.63) is 47.8 Å². The molecule has 1 saturated carbocycles. The lowest BCUT2D eigenvalue weighted by atomic mass is 9.89. The van der Waals surface area contributed by atoms with E-state index in [9.17, 15) is 9.50 Å². The summed E-state index contributed by atoms with van der Waals surface area (Å²) < 4.78 is 13.9. The highest BCUT2D eigenvalue weighted by Crippen LogP contribution is 2.34. The van der Waals surface area contributed by atoms with Crippen LogP contribution in [0.25, 0.3) is 10.8 Å². The van der Waals surface area contributed by atoms with Gasteiger partial charge in [0.15, 0.2) is 0 Å². The highest BCUT2D eigenvalue weighted by molar-refractivity contribution is 5.86. The largest absolute Gasteiger partial charge is 0.388 e. The molecule has 1 atom stereocenters. The van der Waals surface area contributed by atoms with Crippen LogP contribution < -0.4 is 0 Å². The Morgan fingerprint density at radius 2 is 1.62 bits per heavy atom. The second-order valence-electron chi connectivity index (χ2n) is 6.29. The van der Waals surface area contributed by atoms with Gasteiger partial charge in [0.25, 0.3) is 0 Å². The van der Waals surface area contributed by atoms with Gasteiger partial charge >= 0.3 is 0 Å². The fourth-order valence-corrected chi connectivity index (χ4v) is 3.62. The summed E-state index contributed by atoms with van der Waals surface area (Å²) in [7, 11) is 0. The van der Waals surface area contributed by atoms with Crippen LogP contribution in [-0.2, 0) is 0 Å². The minimum atomic E-state index is -0.487. The zero-order valence-corrected chi connectivity index (χ0v) is 12.4. The van der Waals surface area contributed by atoms with E-state index >= 15 is 0 Å². The number of halogens is 1. The monoisotopic (exact) mass is 286 g/mol. The molecular weight excluding hydrogens is 263 g/mol. The van der Waals surface area contributed by atoms with Crippen LogP contribution in [0.4, 0.5) is 4.39 Å². The molecule has 112 valence electrons. The summed E-state index contributed by atoms with van der Waals surface area (Å²) in [6.45, 7) is 0. The van der Waals surface area contributed by atoms with Gasteiger partial charge in [-0.2, -0.15) is 0 Å². The van der Waals surface area contributed by atoms with E-state index in [2.05, 4.69) is 0 Å². The number of benzene rings is 2. The summed E-state index contributed by atoms with van der Waals surface area (Å²) >= 11 is 0. The van der Waals surface area contributed by atoms with Gasteiger partial charge in [0.05, 0.1) is 6.10 Å². The van der Waals surface area contributed by atoms with Crippen molar-refractivity contribution in [3.63, 3.8) is 0 Å². The molecule has 0 saturated heterocycles. The van der Waals surface area contributed by atoms with Crippen LogP contribution in [0.3, 0.4) is 0 Å². The van der Waals surface area contributed by atoms with Gasteiger partial charge in [0.2, 0.25) is 0 Å². The molecule has 21 heavy (non-hydrogen) atoms. The SMILES string of the molecule is OC(CC1CCCCCC1)c1ccc(F)c2ccccc12. The first-order valence-electron chi connectivity index (χ1n) is 8.11. The molecule has 1 fully saturated rings. The van der Waals surface area contributed by atoms with E-state index < -0.39 is 6.10 Å². The second kappa shape index (κ2) is 6.57. The Labute approximate surface area is 125 Å². The third kappa shape index (κ3) is 3.26. The van der Waals surface area contributed by atoms with E-state index in [1.807, 2.05) is 18.2 Å². The standard InChI is InChI=1S/C19H23FO/c20-18-12-11-17(15-9-5-6-10-16(15)18)19(21)13-14-7-3-1-2-4-8-14/h5-6,9-12,14,19,21H,1-4,7-8,13H2. The molecule has 0 spiro atoms. The van der Waals surface area contributed by atoms with Crippen LogP contribution in [0, 0.1) is 11.7 Å². The maximum absolute atomic E-state index is 13.9. The Morgan fingerprint density at radius 3 is 2.33 bits per heavy atom. The van der Waals surface area contributed by atoms with Crippen LogP contribution in [0.15, 0.2) is 36.4 Å². The minimum absolute atomic E-state index is 0.212. The molecular formula is C19H23FO. The number of aliphatic hydroxyl groups is 1. The highest BCUT2D eigenvalue weighted by atomic mass is 19.1. The molecule has 1 aliphatic rings. The Hall–Kier alpha value is -1.41. The van der Waals surface area contributed by atoms with Gasteiger partial charge in [-0.1, -0.05) is 68.9 Å². The molecule has 3 rings (SSSR count). The predicted octanol–water partition coefficient (Wildman–Crippen LogP) is 5.37. The van der Waals surface area contributed by atoms with Gasteiger partial charge in [-0.05, 0) is 29.4 Å². The van der Waals surface area contributed by atoms with Crippen molar-refractivity contribution in [1.82, 2.24) is 0 Å². The molecule has 2 aromatic carbocycles. The van der Waals surface area contributed by atoms with Gasteiger partial charge < -0.3 is 5.11 Å². The molecule has 2 aromatic rings. The second-order valence-corrected chi connectivity index (χ2v) is 6.29. The van der Waals surface area contributed by atoms with Crippen molar-refractivity contribution in [2.24, 2.45) is 5.92 Å². The van der Waals surface area contributed by atoms with E-state index in [0.29, 0.717) is 11.3 Å². The maximum Gasteiger partial charge on any atom is 0.131 e. The molecule has 2 heteroatoms. The van der Waals surface area contributed by atoms with E-state index in [0.717, 1.165) is 17.4 Å². The molecule has 0 bridgehead atoms. The lowest BCUT2D eigenvalue weighted by Gasteiger charge is -2.20. The van der Waals surface area contributed by atoms with E-state index in [1.165, 1.54) is 44.6 Å². The van der Waals surface area contributed by atoms with Crippen LogP contribution in [0.1, 0.15) is 56.6 Å². The molecule has 1 aliphatic carbocycles.